The van der Waals surface area contributed by atoms with Crippen LogP contribution in [0, 0.1) is 0 Å². The monoisotopic (exact) mass is 441 g/mol. The fourth-order valence-corrected chi connectivity index (χ4v) is 4.48. The van der Waals surface area contributed by atoms with Crippen LogP contribution in [0.25, 0.3) is 32.5 Å². The van der Waals surface area contributed by atoms with Gasteiger partial charge in [-0.15, -0.1) is 11.3 Å². The normalized spacial score (nSPS) is 11.0. The van der Waals surface area contributed by atoms with E-state index < -0.39 is 0 Å². The number of carbonyl (C=O) groups is 1. The summed E-state index contributed by atoms with van der Waals surface area (Å²) in [6.07, 6.45) is 2.98. The van der Waals surface area contributed by atoms with Crippen molar-refractivity contribution >= 4 is 27.5 Å². The average Bonchev–Trinajstić information content (AvgIpc) is 3.51. The zero-order chi connectivity index (χ0) is 21.9. The number of carbonyl (C=O) groups excluding carboxylic acids is 1. The quantitative estimate of drug-likeness (QED) is 0.414. The van der Waals surface area contributed by atoms with Crippen molar-refractivity contribution in [2.45, 2.75) is 13.1 Å². The Morgan fingerprint density at radius 3 is 2.47 bits per heavy atom. The molecule has 5 rings (SSSR count). The molecule has 0 bridgehead atoms. The standard InChI is InChI=1S/C25H19N3O3S/c29-22(26-13-20-7-4-12-31-20)14-28-16-27-24-23(25(28)30)21(15-32-24)19-10-8-18(9-11-19)17-5-2-1-3-6-17/h1-12,15-16H,13-14H2,(H,26,29). The van der Waals surface area contributed by atoms with Gasteiger partial charge < -0.3 is 9.73 Å². The summed E-state index contributed by atoms with van der Waals surface area (Å²) >= 11 is 1.42. The Labute approximate surface area is 187 Å². The SMILES string of the molecule is O=C(Cn1cnc2scc(-c3ccc(-c4ccccc4)cc3)c2c1=O)NCc1ccco1. The third-order valence-corrected chi connectivity index (χ3v) is 6.10. The molecule has 0 saturated heterocycles. The van der Waals surface area contributed by atoms with E-state index in [4.69, 9.17) is 4.42 Å². The third kappa shape index (κ3) is 3.98. The smallest absolute Gasteiger partial charge is 0.263 e. The number of hydrogen-bond acceptors (Lipinski definition) is 5. The van der Waals surface area contributed by atoms with E-state index in [0.717, 1.165) is 22.3 Å². The molecule has 0 saturated carbocycles. The maximum atomic E-state index is 13.2. The molecule has 0 aliphatic carbocycles. The molecular weight excluding hydrogens is 422 g/mol. The molecule has 0 radical (unpaired) electrons. The van der Waals surface area contributed by atoms with Gasteiger partial charge in [-0.2, -0.15) is 0 Å². The zero-order valence-corrected chi connectivity index (χ0v) is 17.8. The molecule has 0 atom stereocenters. The maximum absolute atomic E-state index is 13.2. The highest BCUT2D eigenvalue weighted by Crippen LogP contribution is 2.32. The van der Waals surface area contributed by atoms with E-state index in [1.807, 2.05) is 47.8 Å². The van der Waals surface area contributed by atoms with Gasteiger partial charge in [-0.05, 0) is 28.8 Å². The molecule has 0 aliphatic rings. The number of nitrogens with one attached hydrogen (secondary N) is 1. The topological polar surface area (TPSA) is 77.1 Å². The van der Waals surface area contributed by atoms with Crippen molar-refractivity contribution in [1.82, 2.24) is 14.9 Å². The Balaban J connectivity index is 1.41. The van der Waals surface area contributed by atoms with Crippen LogP contribution in [0.3, 0.4) is 0 Å². The van der Waals surface area contributed by atoms with Crippen LogP contribution in [0.2, 0.25) is 0 Å². The van der Waals surface area contributed by atoms with Gasteiger partial charge in [0.25, 0.3) is 5.56 Å². The number of aromatic nitrogens is 2. The van der Waals surface area contributed by atoms with E-state index in [1.165, 1.54) is 22.2 Å². The molecule has 3 heterocycles. The van der Waals surface area contributed by atoms with E-state index in [0.29, 0.717) is 16.0 Å². The summed E-state index contributed by atoms with van der Waals surface area (Å²) in [5, 5.41) is 5.23. The fourth-order valence-electron chi connectivity index (χ4n) is 3.57. The Bertz CT molecular complexity index is 1420. The van der Waals surface area contributed by atoms with E-state index >= 15 is 0 Å². The lowest BCUT2D eigenvalue weighted by atomic mass is 10.0. The van der Waals surface area contributed by atoms with Crippen molar-refractivity contribution in [2.75, 3.05) is 0 Å². The van der Waals surface area contributed by atoms with Crippen LogP contribution in [0.1, 0.15) is 5.76 Å². The van der Waals surface area contributed by atoms with Crippen molar-refractivity contribution in [2.24, 2.45) is 0 Å². The van der Waals surface area contributed by atoms with Crippen LogP contribution < -0.4 is 10.9 Å². The number of thiophene rings is 1. The highest BCUT2D eigenvalue weighted by Gasteiger charge is 2.15. The molecule has 0 aliphatic heterocycles. The minimum atomic E-state index is -0.284. The average molecular weight is 442 g/mol. The number of hydrogen-bond donors (Lipinski definition) is 1. The minimum absolute atomic E-state index is 0.106. The zero-order valence-electron chi connectivity index (χ0n) is 17.0. The van der Waals surface area contributed by atoms with Gasteiger partial charge in [-0.1, -0.05) is 54.6 Å². The Hall–Kier alpha value is -3.97. The van der Waals surface area contributed by atoms with E-state index in [2.05, 4.69) is 22.4 Å². The molecule has 0 fully saturated rings. The van der Waals surface area contributed by atoms with E-state index in [1.54, 1.807) is 18.4 Å². The fraction of sp³-hybridized carbons (Fsp3) is 0.0800. The predicted molar refractivity (Wildman–Crippen MR) is 125 cm³/mol. The van der Waals surface area contributed by atoms with E-state index in [-0.39, 0.29) is 24.6 Å². The Kier molecular flexibility index (Phi) is 5.39. The Morgan fingerprint density at radius 1 is 0.969 bits per heavy atom. The summed E-state index contributed by atoms with van der Waals surface area (Å²) in [6.45, 7) is 0.165. The summed E-state index contributed by atoms with van der Waals surface area (Å²) in [5.74, 6) is 0.368. The summed E-state index contributed by atoms with van der Waals surface area (Å²) in [5.41, 5.74) is 3.78. The molecule has 5 aromatic rings. The first-order valence-corrected chi connectivity index (χ1v) is 11.0. The van der Waals surface area contributed by atoms with Crippen LogP contribution in [0.5, 0.6) is 0 Å². The van der Waals surface area contributed by atoms with Crippen LogP contribution in [0.4, 0.5) is 0 Å². The lowest BCUT2D eigenvalue weighted by molar-refractivity contribution is -0.122. The van der Waals surface area contributed by atoms with Gasteiger partial charge in [-0.25, -0.2) is 4.98 Å². The Morgan fingerprint density at radius 2 is 1.72 bits per heavy atom. The summed E-state index contributed by atoms with van der Waals surface area (Å²) < 4.78 is 6.55. The van der Waals surface area contributed by atoms with Gasteiger partial charge in [0.05, 0.1) is 24.5 Å². The van der Waals surface area contributed by atoms with Gasteiger partial charge in [0.15, 0.2) is 0 Å². The van der Waals surface area contributed by atoms with Crippen molar-refractivity contribution in [3.05, 3.63) is 101 Å². The second-order valence-corrected chi connectivity index (χ2v) is 8.16. The predicted octanol–water partition coefficient (Wildman–Crippen LogP) is 4.70. The number of furan rings is 1. The molecule has 3 aromatic heterocycles. The number of fused-ring (bicyclic) bond motifs is 1. The first-order valence-electron chi connectivity index (χ1n) is 10.1. The molecule has 6 nitrogen and oxygen atoms in total. The first-order chi connectivity index (χ1) is 15.7. The molecule has 1 amide bonds. The van der Waals surface area contributed by atoms with Crippen LogP contribution in [-0.2, 0) is 17.9 Å². The molecule has 2 aromatic carbocycles. The van der Waals surface area contributed by atoms with E-state index in [9.17, 15) is 9.59 Å². The summed E-state index contributed by atoms with van der Waals surface area (Å²) in [6, 6.07) is 21.8. The minimum Gasteiger partial charge on any atom is -0.467 e. The van der Waals surface area contributed by atoms with Crippen molar-refractivity contribution in [3.8, 4) is 22.3 Å². The molecule has 1 N–H and O–H groups in total. The van der Waals surface area contributed by atoms with Gasteiger partial charge in [0.2, 0.25) is 5.91 Å². The van der Waals surface area contributed by atoms with Gasteiger partial charge in [0.1, 0.15) is 17.1 Å². The second-order valence-electron chi connectivity index (χ2n) is 7.31. The van der Waals surface area contributed by atoms with Crippen LogP contribution in [-0.4, -0.2) is 15.5 Å². The second kappa shape index (κ2) is 8.64. The molecule has 158 valence electrons. The lowest BCUT2D eigenvalue weighted by Gasteiger charge is -2.07. The van der Waals surface area contributed by atoms with Crippen molar-refractivity contribution in [3.63, 3.8) is 0 Å². The van der Waals surface area contributed by atoms with Gasteiger partial charge >= 0.3 is 0 Å². The molecular formula is C25H19N3O3S. The molecule has 0 spiro atoms. The van der Waals surface area contributed by atoms with Crippen LogP contribution >= 0.6 is 11.3 Å². The number of amides is 1. The van der Waals surface area contributed by atoms with Crippen LogP contribution in [0.15, 0.2) is 93.9 Å². The van der Waals surface area contributed by atoms with Crippen molar-refractivity contribution in [1.29, 1.82) is 0 Å². The van der Waals surface area contributed by atoms with Gasteiger partial charge in [0, 0.05) is 10.9 Å². The highest BCUT2D eigenvalue weighted by molar-refractivity contribution is 7.17. The molecule has 0 unspecified atom stereocenters. The number of benzene rings is 2. The van der Waals surface area contributed by atoms with Crippen molar-refractivity contribution < 1.29 is 9.21 Å². The number of rotatable bonds is 6. The lowest BCUT2D eigenvalue weighted by Crippen LogP contribution is -2.32. The maximum Gasteiger partial charge on any atom is 0.263 e. The summed E-state index contributed by atoms with van der Waals surface area (Å²) in [4.78, 5) is 30.6. The third-order valence-electron chi connectivity index (χ3n) is 5.22. The highest BCUT2D eigenvalue weighted by atomic mass is 32.1. The number of nitrogens with zero attached hydrogens (tertiary/aromatic N) is 2. The molecule has 7 heteroatoms. The van der Waals surface area contributed by atoms with Gasteiger partial charge in [-0.3, -0.25) is 14.2 Å². The first kappa shape index (κ1) is 20.0. The largest absolute Gasteiger partial charge is 0.467 e. The molecule has 32 heavy (non-hydrogen) atoms. The summed E-state index contributed by atoms with van der Waals surface area (Å²) in [7, 11) is 0.